The van der Waals surface area contributed by atoms with E-state index in [9.17, 15) is 5.11 Å². The molecule has 3 rings (SSSR count). The highest BCUT2D eigenvalue weighted by molar-refractivity contribution is 5.47. The standard InChI is InChI=1S/C19H22O2/c1-4-13-5-7-14(8-6-13)18(20)15-9-10-17-16(11-15)19(2,3)12-21-17/h5-11,18,20H,4,12H2,1-3H3. The second kappa shape index (κ2) is 5.19. The monoisotopic (exact) mass is 282 g/mol. The fourth-order valence-corrected chi connectivity index (χ4v) is 2.84. The number of ether oxygens (including phenoxy) is 1. The zero-order chi connectivity index (χ0) is 15.0. The predicted molar refractivity (Wildman–Crippen MR) is 84.8 cm³/mol. The molecule has 0 aliphatic carbocycles. The molecule has 1 aliphatic rings. The Morgan fingerprint density at radius 1 is 1.10 bits per heavy atom. The van der Waals surface area contributed by atoms with Crippen LogP contribution in [0.15, 0.2) is 42.5 Å². The number of fused-ring (bicyclic) bond motifs is 1. The molecule has 1 atom stereocenters. The summed E-state index contributed by atoms with van der Waals surface area (Å²) >= 11 is 0. The van der Waals surface area contributed by atoms with E-state index >= 15 is 0 Å². The van der Waals surface area contributed by atoms with E-state index in [1.165, 1.54) is 11.1 Å². The van der Waals surface area contributed by atoms with E-state index in [0.29, 0.717) is 6.61 Å². The molecule has 110 valence electrons. The molecule has 21 heavy (non-hydrogen) atoms. The van der Waals surface area contributed by atoms with Gasteiger partial charge in [0.05, 0.1) is 6.61 Å². The van der Waals surface area contributed by atoms with Crippen LogP contribution >= 0.6 is 0 Å². The SMILES string of the molecule is CCc1ccc(C(O)c2ccc3c(c2)C(C)(C)CO3)cc1. The maximum absolute atomic E-state index is 10.6. The zero-order valence-corrected chi connectivity index (χ0v) is 12.9. The summed E-state index contributed by atoms with van der Waals surface area (Å²) in [5.74, 6) is 0.942. The fourth-order valence-electron chi connectivity index (χ4n) is 2.84. The van der Waals surface area contributed by atoms with E-state index in [1.54, 1.807) is 0 Å². The van der Waals surface area contributed by atoms with Gasteiger partial charge in [-0.3, -0.25) is 0 Å². The zero-order valence-electron chi connectivity index (χ0n) is 12.9. The van der Waals surface area contributed by atoms with Crippen molar-refractivity contribution in [3.63, 3.8) is 0 Å². The summed E-state index contributed by atoms with van der Waals surface area (Å²) in [5.41, 5.74) is 4.34. The second-order valence-corrected chi connectivity index (χ2v) is 6.43. The van der Waals surface area contributed by atoms with Crippen LogP contribution in [0.3, 0.4) is 0 Å². The molecule has 2 aromatic rings. The van der Waals surface area contributed by atoms with Gasteiger partial charge in [0.15, 0.2) is 0 Å². The van der Waals surface area contributed by atoms with E-state index in [4.69, 9.17) is 4.74 Å². The minimum atomic E-state index is -0.586. The smallest absolute Gasteiger partial charge is 0.123 e. The van der Waals surface area contributed by atoms with Crippen LogP contribution in [-0.2, 0) is 11.8 Å². The van der Waals surface area contributed by atoms with Gasteiger partial charge >= 0.3 is 0 Å². The Balaban J connectivity index is 1.93. The van der Waals surface area contributed by atoms with Crippen LogP contribution < -0.4 is 4.74 Å². The van der Waals surface area contributed by atoms with Gasteiger partial charge in [0.25, 0.3) is 0 Å². The lowest BCUT2D eigenvalue weighted by Gasteiger charge is -2.18. The second-order valence-electron chi connectivity index (χ2n) is 6.43. The quantitative estimate of drug-likeness (QED) is 0.922. The first-order valence-electron chi connectivity index (χ1n) is 7.55. The highest BCUT2D eigenvalue weighted by Crippen LogP contribution is 2.40. The molecule has 1 N–H and O–H groups in total. The molecular weight excluding hydrogens is 260 g/mol. The van der Waals surface area contributed by atoms with Gasteiger partial charge in [-0.15, -0.1) is 0 Å². The highest BCUT2D eigenvalue weighted by Gasteiger charge is 2.32. The van der Waals surface area contributed by atoms with Crippen LogP contribution in [0.5, 0.6) is 5.75 Å². The lowest BCUT2D eigenvalue weighted by Crippen LogP contribution is -2.18. The van der Waals surface area contributed by atoms with Crippen LogP contribution in [0.2, 0.25) is 0 Å². The van der Waals surface area contributed by atoms with E-state index in [-0.39, 0.29) is 5.41 Å². The Hall–Kier alpha value is -1.80. The van der Waals surface area contributed by atoms with Gasteiger partial charge in [0.2, 0.25) is 0 Å². The van der Waals surface area contributed by atoms with Crippen LogP contribution in [0.25, 0.3) is 0 Å². The van der Waals surface area contributed by atoms with Gasteiger partial charge in [-0.1, -0.05) is 51.1 Å². The van der Waals surface area contributed by atoms with Crippen molar-refractivity contribution in [3.05, 3.63) is 64.7 Å². The summed E-state index contributed by atoms with van der Waals surface area (Å²) in [6.45, 7) is 7.18. The van der Waals surface area contributed by atoms with Crippen molar-refractivity contribution in [2.45, 2.75) is 38.7 Å². The van der Waals surface area contributed by atoms with Crippen molar-refractivity contribution >= 4 is 0 Å². The van der Waals surface area contributed by atoms with Gasteiger partial charge < -0.3 is 9.84 Å². The summed E-state index contributed by atoms with van der Waals surface area (Å²) in [5, 5.41) is 10.6. The minimum absolute atomic E-state index is 0.0110. The number of aliphatic hydroxyl groups is 1. The van der Waals surface area contributed by atoms with Crippen molar-refractivity contribution in [1.29, 1.82) is 0 Å². The maximum Gasteiger partial charge on any atom is 0.123 e. The lowest BCUT2D eigenvalue weighted by molar-refractivity contribution is 0.220. The number of rotatable bonds is 3. The molecule has 0 spiro atoms. The van der Waals surface area contributed by atoms with Crippen LogP contribution in [-0.4, -0.2) is 11.7 Å². The molecule has 0 fully saturated rings. The Morgan fingerprint density at radius 3 is 2.43 bits per heavy atom. The molecule has 2 aromatic carbocycles. The van der Waals surface area contributed by atoms with Crippen LogP contribution in [0, 0.1) is 0 Å². The summed E-state index contributed by atoms with van der Waals surface area (Å²) in [7, 11) is 0. The first-order valence-corrected chi connectivity index (χ1v) is 7.55. The molecule has 0 saturated heterocycles. The van der Waals surface area contributed by atoms with Gasteiger partial charge in [0.1, 0.15) is 11.9 Å². The third-order valence-electron chi connectivity index (χ3n) is 4.34. The number of hydrogen-bond donors (Lipinski definition) is 1. The minimum Gasteiger partial charge on any atom is -0.492 e. The van der Waals surface area contributed by atoms with Crippen LogP contribution in [0.4, 0.5) is 0 Å². The Kier molecular flexibility index (Phi) is 3.50. The van der Waals surface area contributed by atoms with Crippen molar-refractivity contribution in [2.75, 3.05) is 6.61 Å². The number of benzene rings is 2. The molecule has 0 saturated carbocycles. The molecule has 0 radical (unpaired) electrons. The number of aryl methyl sites for hydroxylation is 1. The fraction of sp³-hybridized carbons (Fsp3) is 0.368. The van der Waals surface area contributed by atoms with E-state index in [1.807, 2.05) is 24.3 Å². The Labute approximate surface area is 126 Å². The van der Waals surface area contributed by atoms with Gasteiger partial charge in [-0.2, -0.15) is 0 Å². The van der Waals surface area contributed by atoms with Crippen molar-refractivity contribution < 1.29 is 9.84 Å². The predicted octanol–water partition coefficient (Wildman–Crippen LogP) is 4.00. The number of hydrogen-bond acceptors (Lipinski definition) is 2. The van der Waals surface area contributed by atoms with E-state index in [2.05, 4.69) is 39.0 Å². The first kappa shape index (κ1) is 14.2. The lowest BCUT2D eigenvalue weighted by atomic mass is 9.85. The van der Waals surface area contributed by atoms with Crippen molar-refractivity contribution in [2.24, 2.45) is 0 Å². The van der Waals surface area contributed by atoms with Gasteiger partial charge in [0, 0.05) is 11.0 Å². The third-order valence-corrected chi connectivity index (χ3v) is 4.34. The highest BCUT2D eigenvalue weighted by atomic mass is 16.5. The Morgan fingerprint density at radius 2 is 1.76 bits per heavy atom. The molecule has 1 aliphatic heterocycles. The van der Waals surface area contributed by atoms with Gasteiger partial charge in [-0.05, 0) is 35.2 Å². The summed E-state index contributed by atoms with van der Waals surface area (Å²) in [4.78, 5) is 0. The third kappa shape index (κ3) is 2.56. The van der Waals surface area contributed by atoms with Gasteiger partial charge in [-0.25, -0.2) is 0 Å². The van der Waals surface area contributed by atoms with E-state index in [0.717, 1.165) is 23.3 Å². The number of aliphatic hydroxyl groups excluding tert-OH is 1. The first-order chi connectivity index (χ1) is 10.0. The topological polar surface area (TPSA) is 29.5 Å². The molecule has 0 amide bonds. The largest absolute Gasteiger partial charge is 0.492 e. The van der Waals surface area contributed by atoms with Crippen molar-refractivity contribution in [1.82, 2.24) is 0 Å². The average molecular weight is 282 g/mol. The molecule has 0 bridgehead atoms. The summed E-state index contributed by atoms with van der Waals surface area (Å²) in [6.07, 6.45) is 0.429. The summed E-state index contributed by atoms with van der Waals surface area (Å²) < 4.78 is 5.70. The normalized spacial score (nSPS) is 17.1. The summed E-state index contributed by atoms with van der Waals surface area (Å²) in [6, 6.07) is 14.2. The maximum atomic E-state index is 10.6. The molecule has 0 aromatic heterocycles. The average Bonchev–Trinajstić information content (AvgIpc) is 2.82. The molecular formula is C19H22O2. The van der Waals surface area contributed by atoms with Crippen LogP contribution in [0.1, 0.15) is 49.1 Å². The van der Waals surface area contributed by atoms with E-state index < -0.39 is 6.10 Å². The molecule has 2 heteroatoms. The molecule has 1 unspecified atom stereocenters. The molecule has 1 heterocycles. The van der Waals surface area contributed by atoms with Crippen molar-refractivity contribution in [3.8, 4) is 5.75 Å². The Bertz CT molecular complexity index is 641. The molecule has 2 nitrogen and oxygen atoms in total.